The van der Waals surface area contributed by atoms with Crippen LogP contribution in [0.25, 0.3) is 0 Å². The molecule has 1 nitrogen and oxygen atoms in total. The van der Waals surface area contributed by atoms with Gasteiger partial charge in [0, 0.05) is 5.92 Å². The molecule has 140 valence electrons. The predicted octanol–water partition coefficient (Wildman–Crippen LogP) is 6.40. The number of fused-ring (bicyclic) bond motifs is 1. The first-order chi connectivity index (χ1) is 11.8. The van der Waals surface area contributed by atoms with Gasteiger partial charge < -0.3 is 4.74 Å². The van der Waals surface area contributed by atoms with Crippen molar-refractivity contribution in [3.8, 4) is 5.75 Å². The average molecular weight is 358 g/mol. The van der Waals surface area contributed by atoms with E-state index in [4.69, 9.17) is 4.74 Å². The first kappa shape index (κ1) is 18.5. The largest absolute Gasteiger partial charge is 0.477 e. The van der Waals surface area contributed by atoms with Crippen molar-refractivity contribution >= 4 is 0 Å². The Morgan fingerprint density at radius 1 is 1.12 bits per heavy atom. The summed E-state index contributed by atoms with van der Waals surface area (Å²) in [7, 11) is 0. The van der Waals surface area contributed by atoms with Crippen molar-refractivity contribution in [1.29, 1.82) is 0 Å². The smallest absolute Gasteiger partial charge is 0.425 e. The van der Waals surface area contributed by atoms with Gasteiger partial charge >= 0.3 is 6.18 Å². The summed E-state index contributed by atoms with van der Waals surface area (Å²) in [5.74, 6) is -0.487. The number of hydrogen-bond acceptors (Lipinski definition) is 1. The lowest BCUT2D eigenvalue weighted by molar-refractivity contribution is -0.212. The Morgan fingerprint density at radius 2 is 1.80 bits per heavy atom. The zero-order valence-corrected chi connectivity index (χ0v) is 14.8. The van der Waals surface area contributed by atoms with Crippen LogP contribution in [0.1, 0.15) is 69.4 Å². The van der Waals surface area contributed by atoms with Crippen molar-refractivity contribution in [3.05, 3.63) is 29.1 Å². The maximum Gasteiger partial charge on any atom is 0.425 e. The van der Waals surface area contributed by atoms with Crippen LogP contribution in [0.3, 0.4) is 0 Å². The summed E-state index contributed by atoms with van der Waals surface area (Å²) in [6.07, 6.45) is 0.614. The Labute approximate surface area is 146 Å². The maximum atomic E-state index is 14.5. The van der Waals surface area contributed by atoms with Gasteiger partial charge in [0.2, 0.25) is 0 Å². The highest BCUT2D eigenvalue weighted by atomic mass is 19.4. The molecule has 0 bridgehead atoms. The van der Waals surface area contributed by atoms with E-state index in [0.29, 0.717) is 11.5 Å². The van der Waals surface area contributed by atoms with Gasteiger partial charge in [-0.1, -0.05) is 32.8 Å². The van der Waals surface area contributed by atoms with E-state index in [1.54, 1.807) is 0 Å². The van der Waals surface area contributed by atoms with E-state index in [2.05, 4.69) is 6.92 Å². The van der Waals surface area contributed by atoms with Crippen LogP contribution < -0.4 is 4.74 Å². The quantitative estimate of drug-likeness (QED) is 0.568. The van der Waals surface area contributed by atoms with Crippen molar-refractivity contribution in [3.63, 3.8) is 0 Å². The number of alkyl halides is 3. The minimum atomic E-state index is -4.47. The number of hydrogen-bond donors (Lipinski definition) is 0. The van der Waals surface area contributed by atoms with Crippen LogP contribution in [-0.2, 0) is 6.42 Å². The van der Waals surface area contributed by atoms with Crippen molar-refractivity contribution in [2.24, 2.45) is 11.8 Å². The number of rotatable bonds is 3. The van der Waals surface area contributed by atoms with Crippen LogP contribution in [0.2, 0.25) is 0 Å². The summed E-state index contributed by atoms with van der Waals surface area (Å²) < 4.78 is 58.6. The molecular formula is C20H26F4O. The molecule has 1 fully saturated rings. The van der Waals surface area contributed by atoms with Gasteiger partial charge in [0.15, 0.2) is 17.7 Å². The zero-order valence-electron chi connectivity index (χ0n) is 14.8. The van der Waals surface area contributed by atoms with Gasteiger partial charge in [-0.3, -0.25) is 0 Å². The molecule has 0 saturated heterocycles. The third-order valence-corrected chi connectivity index (χ3v) is 5.78. The summed E-state index contributed by atoms with van der Waals surface area (Å²) >= 11 is 0. The van der Waals surface area contributed by atoms with Gasteiger partial charge in [-0.25, -0.2) is 4.39 Å². The molecule has 1 aromatic carbocycles. The normalized spacial score (nSPS) is 29.8. The topological polar surface area (TPSA) is 9.23 Å². The molecule has 0 amide bonds. The SMILES string of the molecule is CCCC1CCC(c2cc(F)c3c(c2)CC(C)C(C(F)(F)F)O3)CC1. The van der Waals surface area contributed by atoms with E-state index in [1.165, 1.54) is 25.8 Å². The van der Waals surface area contributed by atoms with E-state index in [0.717, 1.165) is 37.2 Å². The van der Waals surface area contributed by atoms with Crippen LogP contribution in [0, 0.1) is 17.7 Å². The third-order valence-electron chi connectivity index (χ3n) is 5.78. The number of ether oxygens (including phenoxy) is 1. The van der Waals surface area contributed by atoms with Crippen molar-refractivity contribution in [1.82, 2.24) is 0 Å². The minimum Gasteiger partial charge on any atom is -0.477 e. The summed E-state index contributed by atoms with van der Waals surface area (Å²) in [6, 6.07) is 3.28. The molecule has 2 aliphatic rings. The molecular weight excluding hydrogens is 332 g/mol. The molecule has 25 heavy (non-hydrogen) atoms. The van der Waals surface area contributed by atoms with E-state index in [-0.39, 0.29) is 12.2 Å². The first-order valence-corrected chi connectivity index (χ1v) is 9.35. The fourth-order valence-electron chi connectivity index (χ4n) is 4.47. The fraction of sp³-hybridized carbons (Fsp3) is 0.700. The van der Waals surface area contributed by atoms with Gasteiger partial charge in [0.25, 0.3) is 0 Å². The Hall–Kier alpha value is -1.26. The van der Waals surface area contributed by atoms with Crippen LogP contribution in [0.4, 0.5) is 17.6 Å². The Morgan fingerprint density at radius 3 is 2.40 bits per heavy atom. The first-order valence-electron chi connectivity index (χ1n) is 9.35. The average Bonchev–Trinajstić information content (AvgIpc) is 2.54. The van der Waals surface area contributed by atoms with Crippen LogP contribution in [-0.4, -0.2) is 12.3 Å². The van der Waals surface area contributed by atoms with E-state index in [1.807, 2.05) is 6.07 Å². The number of benzene rings is 1. The van der Waals surface area contributed by atoms with Crippen LogP contribution in [0.15, 0.2) is 12.1 Å². The molecule has 0 aromatic heterocycles. The lowest BCUT2D eigenvalue weighted by atomic mass is 9.76. The maximum absolute atomic E-state index is 14.5. The predicted molar refractivity (Wildman–Crippen MR) is 89.3 cm³/mol. The second-order valence-electron chi connectivity index (χ2n) is 7.76. The lowest BCUT2D eigenvalue weighted by Crippen LogP contribution is -2.43. The standard InChI is InChI=1S/C20H26F4O/c1-3-4-13-5-7-14(8-6-13)15-10-16-9-12(2)19(20(22,23)24)25-18(16)17(21)11-15/h10-14,19H,3-9H2,1-2H3. The molecule has 1 saturated carbocycles. The van der Waals surface area contributed by atoms with Crippen molar-refractivity contribution in [2.75, 3.05) is 0 Å². The van der Waals surface area contributed by atoms with Gasteiger partial charge in [0.05, 0.1) is 0 Å². The highest BCUT2D eigenvalue weighted by Gasteiger charge is 2.48. The molecule has 3 rings (SSSR count). The van der Waals surface area contributed by atoms with E-state index < -0.39 is 24.0 Å². The molecule has 1 heterocycles. The molecule has 0 N–H and O–H groups in total. The summed E-state index contributed by atoms with van der Waals surface area (Å²) in [4.78, 5) is 0. The summed E-state index contributed by atoms with van der Waals surface area (Å²) in [5, 5.41) is 0. The van der Waals surface area contributed by atoms with Crippen LogP contribution in [0.5, 0.6) is 5.75 Å². The fourth-order valence-corrected chi connectivity index (χ4v) is 4.47. The van der Waals surface area contributed by atoms with Gasteiger partial charge in [-0.2, -0.15) is 13.2 Å². The monoisotopic (exact) mass is 358 g/mol. The molecule has 0 spiro atoms. The molecule has 5 heteroatoms. The zero-order chi connectivity index (χ0) is 18.2. The van der Waals surface area contributed by atoms with Gasteiger partial charge in [-0.15, -0.1) is 0 Å². The van der Waals surface area contributed by atoms with E-state index in [9.17, 15) is 17.6 Å². The highest BCUT2D eigenvalue weighted by molar-refractivity contribution is 5.42. The van der Waals surface area contributed by atoms with Crippen molar-refractivity contribution in [2.45, 2.75) is 77.0 Å². The Kier molecular flexibility index (Phi) is 5.31. The van der Waals surface area contributed by atoms with Gasteiger partial charge in [0.1, 0.15) is 0 Å². The summed E-state index contributed by atoms with van der Waals surface area (Å²) in [6.45, 7) is 3.71. The lowest BCUT2D eigenvalue weighted by Gasteiger charge is -2.34. The Balaban J connectivity index is 1.78. The molecule has 1 aromatic rings. The third kappa shape index (κ3) is 3.95. The minimum absolute atomic E-state index is 0.204. The molecule has 1 aliphatic heterocycles. The highest BCUT2D eigenvalue weighted by Crippen LogP contribution is 2.43. The molecule has 2 unspecified atom stereocenters. The number of halogens is 4. The molecule has 1 aliphatic carbocycles. The second-order valence-corrected chi connectivity index (χ2v) is 7.76. The summed E-state index contributed by atoms with van der Waals surface area (Å²) in [5.41, 5.74) is 1.51. The second kappa shape index (κ2) is 7.16. The van der Waals surface area contributed by atoms with Crippen molar-refractivity contribution < 1.29 is 22.3 Å². The van der Waals surface area contributed by atoms with E-state index >= 15 is 0 Å². The van der Waals surface area contributed by atoms with Crippen LogP contribution >= 0.6 is 0 Å². The molecule has 2 atom stereocenters. The molecule has 0 radical (unpaired) electrons. The van der Waals surface area contributed by atoms with Gasteiger partial charge in [-0.05, 0) is 61.1 Å². The Bertz CT molecular complexity index is 602.